The van der Waals surface area contributed by atoms with E-state index in [1.807, 2.05) is 18.3 Å². The van der Waals surface area contributed by atoms with Crippen LogP contribution in [-0.4, -0.2) is 27.2 Å². The van der Waals surface area contributed by atoms with Crippen molar-refractivity contribution in [1.82, 2.24) is 15.0 Å². The number of ether oxygens (including phenoxy) is 1. The fourth-order valence-corrected chi connectivity index (χ4v) is 2.51. The van der Waals surface area contributed by atoms with Gasteiger partial charge in [0.05, 0.1) is 18.7 Å². The summed E-state index contributed by atoms with van der Waals surface area (Å²) in [4.78, 5) is 11.2. The summed E-state index contributed by atoms with van der Waals surface area (Å²) in [6.45, 7) is 0. The van der Waals surface area contributed by atoms with Crippen molar-refractivity contribution in [2.45, 2.75) is 12.5 Å². The maximum absolute atomic E-state index is 10.5. The standard InChI is InChI=1S/C15H14ClN3O2/c1-21-14-7-12-10(15(16)19-8-18-12)6-11(14)13(20)5-9-3-2-4-17-9/h2-4,6-8,13,17,20H,5H2,1H3. The van der Waals surface area contributed by atoms with Crippen LogP contribution in [-0.2, 0) is 6.42 Å². The number of benzene rings is 1. The predicted molar refractivity (Wildman–Crippen MR) is 80.6 cm³/mol. The highest BCUT2D eigenvalue weighted by molar-refractivity contribution is 6.34. The van der Waals surface area contributed by atoms with E-state index in [0.29, 0.717) is 33.8 Å². The van der Waals surface area contributed by atoms with Crippen LogP contribution in [0, 0.1) is 0 Å². The minimum Gasteiger partial charge on any atom is -0.496 e. The van der Waals surface area contributed by atoms with Crippen LogP contribution in [0.1, 0.15) is 17.4 Å². The van der Waals surface area contributed by atoms with E-state index < -0.39 is 6.10 Å². The molecule has 2 heterocycles. The third-order valence-electron chi connectivity index (χ3n) is 3.37. The van der Waals surface area contributed by atoms with Gasteiger partial charge in [-0.05, 0) is 18.2 Å². The summed E-state index contributed by atoms with van der Waals surface area (Å²) >= 11 is 6.09. The Hall–Kier alpha value is -2.11. The van der Waals surface area contributed by atoms with Crippen LogP contribution in [0.5, 0.6) is 5.75 Å². The summed E-state index contributed by atoms with van der Waals surface area (Å²) in [7, 11) is 1.56. The molecule has 0 fully saturated rings. The Morgan fingerprint density at radius 1 is 1.38 bits per heavy atom. The number of rotatable bonds is 4. The zero-order chi connectivity index (χ0) is 14.8. The highest BCUT2D eigenvalue weighted by Crippen LogP contribution is 2.33. The van der Waals surface area contributed by atoms with Crippen LogP contribution in [0.15, 0.2) is 36.8 Å². The van der Waals surface area contributed by atoms with Gasteiger partial charge in [0.15, 0.2) is 0 Å². The molecule has 2 aromatic heterocycles. The Morgan fingerprint density at radius 3 is 2.95 bits per heavy atom. The first kappa shape index (κ1) is 13.9. The maximum atomic E-state index is 10.5. The molecule has 0 radical (unpaired) electrons. The average molecular weight is 304 g/mol. The van der Waals surface area contributed by atoms with Gasteiger partial charge in [0.2, 0.25) is 0 Å². The fourth-order valence-electron chi connectivity index (χ4n) is 2.32. The summed E-state index contributed by atoms with van der Waals surface area (Å²) in [6.07, 6.45) is 2.98. The summed E-state index contributed by atoms with van der Waals surface area (Å²) in [5.41, 5.74) is 2.29. The molecule has 0 aliphatic carbocycles. The number of methoxy groups -OCH3 is 1. The SMILES string of the molecule is COc1cc2ncnc(Cl)c2cc1C(O)Cc1ccc[nH]1. The minimum atomic E-state index is -0.709. The number of fused-ring (bicyclic) bond motifs is 1. The summed E-state index contributed by atoms with van der Waals surface area (Å²) in [5.74, 6) is 0.580. The third kappa shape index (κ3) is 2.70. The van der Waals surface area contributed by atoms with E-state index in [2.05, 4.69) is 15.0 Å². The van der Waals surface area contributed by atoms with Gasteiger partial charge in [-0.15, -0.1) is 0 Å². The number of nitrogens with one attached hydrogen (secondary N) is 1. The van der Waals surface area contributed by atoms with Gasteiger partial charge in [-0.1, -0.05) is 11.6 Å². The van der Waals surface area contributed by atoms with Crippen molar-refractivity contribution in [3.63, 3.8) is 0 Å². The van der Waals surface area contributed by atoms with Crippen molar-refractivity contribution >= 4 is 22.5 Å². The molecule has 6 heteroatoms. The lowest BCUT2D eigenvalue weighted by atomic mass is 10.0. The highest BCUT2D eigenvalue weighted by atomic mass is 35.5. The number of hydrogen-bond acceptors (Lipinski definition) is 4. The molecule has 0 spiro atoms. The molecule has 21 heavy (non-hydrogen) atoms. The first-order valence-electron chi connectivity index (χ1n) is 6.47. The van der Waals surface area contributed by atoms with Crippen molar-refractivity contribution in [2.24, 2.45) is 0 Å². The van der Waals surface area contributed by atoms with E-state index >= 15 is 0 Å². The monoisotopic (exact) mass is 303 g/mol. The van der Waals surface area contributed by atoms with E-state index in [4.69, 9.17) is 16.3 Å². The zero-order valence-electron chi connectivity index (χ0n) is 11.4. The average Bonchev–Trinajstić information content (AvgIpc) is 2.99. The number of hydrogen-bond donors (Lipinski definition) is 2. The van der Waals surface area contributed by atoms with Crippen molar-refractivity contribution in [2.75, 3.05) is 7.11 Å². The van der Waals surface area contributed by atoms with Gasteiger partial charge in [0.25, 0.3) is 0 Å². The van der Waals surface area contributed by atoms with Gasteiger partial charge >= 0.3 is 0 Å². The molecule has 0 saturated heterocycles. The van der Waals surface area contributed by atoms with Crippen LogP contribution in [0.2, 0.25) is 5.15 Å². The van der Waals surface area contributed by atoms with E-state index in [0.717, 1.165) is 5.69 Å². The quantitative estimate of drug-likeness (QED) is 0.727. The Labute approximate surface area is 126 Å². The molecule has 3 aromatic rings. The zero-order valence-corrected chi connectivity index (χ0v) is 12.1. The number of aliphatic hydroxyl groups excluding tert-OH is 1. The van der Waals surface area contributed by atoms with E-state index in [9.17, 15) is 5.11 Å². The number of nitrogens with zero attached hydrogens (tertiary/aromatic N) is 2. The van der Waals surface area contributed by atoms with E-state index in [1.54, 1.807) is 19.2 Å². The Morgan fingerprint density at radius 2 is 2.24 bits per heavy atom. The van der Waals surface area contributed by atoms with Crippen molar-refractivity contribution in [1.29, 1.82) is 0 Å². The topological polar surface area (TPSA) is 71.0 Å². The molecule has 5 nitrogen and oxygen atoms in total. The molecule has 0 aliphatic heterocycles. The molecule has 1 unspecified atom stereocenters. The summed E-state index contributed by atoms with van der Waals surface area (Å²) < 4.78 is 5.36. The second-order valence-electron chi connectivity index (χ2n) is 4.69. The van der Waals surface area contributed by atoms with Crippen LogP contribution >= 0.6 is 11.6 Å². The third-order valence-corrected chi connectivity index (χ3v) is 3.67. The van der Waals surface area contributed by atoms with Crippen LogP contribution in [0.3, 0.4) is 0 Å². The molecular formula is C15H14ClN3O2. The minimum absolute atomic E-state index is 0.357. The van der Waals surface area contributed by atoms with Crippen LogP contribution in [0.25, 0.3) is 10.9 Å². The molecule has 3 rings (SSSR count). The number of aromatic amines is 1. The second kappa shape index (κ2) is 5.71. The van der Waals surface area contributed by atoms with Crippen LogP contribution < -0.4 is 4.74 Å². The van der Waals surface area contributed by atoms with Gasteiger partial charge in [-0.2, -0.15) is 0 Å². The molecule has 0 bridgehead atoms. The van der Waals surface area contributed by atoms with Crippen molar-refractivity contribution in [3.8, 4) is 5.75 Å². The van der Waals surface area contributed by atoms with E-state index in [1.165, 1.54) is 6.33 Å². The predicted octanol–water partition coefficient (Wildman–Crippen LogP) is 2.90. The molecule has 0 aliphatic rings. The molecule has 1 atom stereocenters. The van der Waals surface area contributed by atoms with Gasteiger partial charge in [0, 0.05) is 35.3 Å². The smallest absolute Gasteiger partial charge is 0.140 e. The van der Waals surface area contributed by atoms with Crippen molar-refractivity contribution < 1.29 is 9.84 Å². The Balaban J connectivity index is 2.05. The molecule has 1 aromatic carbocycles. The van der Waals surface area contributed by atoms with Gasteiger partial charge in [0.1, 0.15) is 17.2 Å². The molecule has 0 saturated carbocycles. The Kier molecular flexibility index (Phi) is 3.77. The largest absolute Gasteiger partial charge is 0.496 e. The molecular weight excluding hydrogens is 290 g/mol. The first-order chi connectivity index (χ1) is 10.2. The molecule has 108 valence electrons. The number of aromatic nitrogens is 3. The normalized spacial score (nSPS) is 12.5. The highest BCUT2D eigenvalue weighted by Gasteiger charge is 2.17. The summed E-state index contributed by atoms with van der Waals surface area (Å²) in [5, 5.41) is 11.5. The Bertz CT molecular complexity index is 759. The number of H-pyrrole nitrogens is 1. The van der Waals surface area contributed by atoms with Gasteiger partial charge < -0.3 is 14.8 Å². The van der Waals surface area contributed by atoms with Gasteiger partial charge in [-0.25, -0.2) is 9.97 Å². The number of halogens is 1. The molecule has 2 N–H and O–H groups in total. The lowest BCUT2D eigenvalue weighted by molar-refractivity contribution is 0.173. The first-order valence-corrected chi connectivity index (χ1v) is 6.85. The van der Waals surface area contributed by atoms with Crippen molar-refractivity contribution in [3.05, 3.63) is 53.2 Å². The summed E-state index contributed by atoms with van der Waals surface area (Å²) in [6, 6.07) is 7.36. The van der Waals surface area contributed by atoms with E-state index in [-0.39, 0.29) is 0 Å². The lowest BCUT2D eigenvalue weighted by Crippen LogP contribution is -2.05. The van der Waals surface area contributed by atoms with Gasteiger partial charge in [-0.3, -0.25) is 0 Å². The van der Waals surface area contributed by atoms with Crippen LogP contribution in [0.4, 0.5) is 0 Å². The molecule has 0 amide bonds. The lowest BCUT2D eigenvalue weighted by Gasteiger charge is -2.15. The fraction of sp³-hybridized carbons (Fsp3) is 0.200. The second-order valence-corrected chi connectivity index (χ2v) is 5.05. The number of aliphatic hydroxyl groups is 1. The maximum Gasteiger partial charge on any atom is 0.140 e.